The highest BCUT2D eigenvalue weighted by Crippen LogP contribution is 2.31. The molecule has 10 heteroatoms. The highest BCUT2D eigenvalue weighted by molar-refractivity contribution is 6.30. The maximum absolute atomic E-state index is 14.4. The van der Waals surface area contributed by atoms with Crippen molar-refractivity contribution in [1.82, 2.24) is 15.2 Å². The van der Waals surface area contributed by atoms with E-state index in [4.69, 9.17) is 11.6 Å². The zero-order chi connectivity index (χ0) is 23.8. The highest BCUT2D eigenvalue weighted by Gasteiger charge is 2.41. The summed E-state index contributed by atoms with van der Waals surface area (Å²) in [5.74, 6) is -6.04. The molecule has 1 aromatic carbocycles. The van der Waals surface area contributed by atoms with Gasteiger partial charge in [-0.15, -0.1) is 0 Å². The number of aryl methyl sites for hydroxylation is 1. The van der Waals surface area contributed by atoms with Crippen molar-refractivity contribution >= 4 is 35.1 Å². The Hall–Kier alpha value is -3.20. The number of hydrogen-bond donors (Lipinski definition) is 1. The van der Waals surface area contributed by atoms with Crippen molar-refractivity contribution in [2.24, 2.45) is 0 Å². The molecule has 0 saturated carbocycles. The minimum Gasteiger partial charge on any atom is -0.322 e. The number of aromatic nitrogens is 1. The van der Waals surface area contributed by atoms with Gasteiger partial charge in [0.05, 0.1) is 5.02 Å². The number of carbonyl (C=O) groups is 4. The molecule has 1 aromatic heterocycles. The van der Waals surface area contributed by atoms with Crippen molar-refractivity contribution in [1.29, 1.82) is 0 Å². The zero-order valence-corrected chi connectivity index (χ0v) is 18.2. The monoisotopic (exact) mass is 475 g/mol. The SMILES string of the molecule is O=C1CCC(N2Cc3cc(CCCC(=O)C(F)(F)c4ccc(Cl)cn4)ccc3C2=O)C(=O)N1. The Morgan fingerprint density at radius 3 is 2.70 bits per heavy atom. The summed E-state index contributed by atoms with van der Waals surface area (Å²) < 4.78 is 28.7. The van der Waals surface area contributed by atoms with Crippen molar-refractivity contribution in [2.45, 2.75) is 50.6 Å². The van der Waals surface area contributed by atoms with E-state index in [0.717, 1.165) is 23.4 Å². The van der Waals surface area contributed by atoms with E-state index in [1.807, 2.05) is 0 Å². The molecule has 4 rings (SSSR count). The second-order valence-electron chi connectivity index (χ2n) is 8.10. The summed E-state index contributed by atoms with van der Waals surface area (Å²) in [6.07, 6.45) is 1.75. The first-order valence-electron chi connectivity index (χ1n) is 10.5. The van der Waals surface area contributed by atoms with Crippen molar-refractivity contribution in [2.75, 3.05) is 0 Å². The molecule has 172 valence electrons. The minimum absolute atomic E-state index is 0.173. The Labute approximate surface area is 193 Å². The second-order valence-corrected chi connectivity index (χ2v) is 8.54. The lowest BCUT2D eigenvalue weighted by Gasteiger charge is -2.29. The fourth-order valence-electron chi connectivity index (χ4n) is 4.10. The molecular formula is C23H20ClF2N3O4. The predicted octanol–water partition coefficient (Wildman–Crippen LogP) is 3.18. The number of halogens is 3. The number of benzene rings is 1. The number of alkyl halides is 2. The van der Waals surface area contributed by atoms with Crippen LogP contribution in [0.15, 0.2) is 36.5 Å². The molecule has 33 heavy (non-hydrogen) atoms. The summed E-state index contributed by atoms with van der Waals surface area (Å²) >= 11 is 5.66. The minimum atomic E-state index is -3.70. The summed E-state index contributed by atoms with van der Waals surface area (Å²) in [4.78, 5) is 53.3. The first kappa shape index (κ1) is 23.0. The van der Waals surface area contributed by atoms with Crippen LogP contribution in [0.1, 0.15) is 52.9 Å². The van der Waals surface area contributed by atoms with Gasteiger partial charge in [-0.3, -0.25) is 29.5 Å². The van der Waals surface area contributed by atoms with Crippen LogP contribution in [-0.2, 0) is 33.3 Å². The van der Waals surface area contributed by atoms with Gasteiger partial charge in [0, 0.05) is 31.1 Å². The fraction of sp³-hybridized carbons (Fsp3) is 0.348. The van der Waals surface area contributed by atoms with Crippen LogP contribution in [0.4, 0.5) is 8.78 Å². The van der Waals surface area contributed by atoms with Gasteiger partial charge in [-0.1, -0.05) is 23.7 Å². The van der Waals surface area contributed by atoms with E-state index in [1.165, 1.54) is 11.0 Å². The van der Waals surface area contributed by atoms with Crippen LogP contribution in [0, 0.1) is 0 Å². The number of Topliss-reactive ketones (excluding diaryl/α,β-unsaturated/α-hetero) is 1. The number of carbonyl (C=O) groups excluding carboxylic acids is 4. The summed E-state index contributed by atoms with van der Waals surface area (Å²) in [6.45, 7) is 0.230. The van der Waals surface area contributed by atoms with E-state index in [2.05, 4.69) is 10.3 Å². The van der Waals surface area contributed by atoms with Gasteiger partial charge in [-0.05, 0) is 48.6 Å². The third-order valence-corrected chi connectivity index (χ3v) is 6.08. The van der Waals surface area contributed by atoms with E-state index >= 15 is 0 Å². The van der Waals surface area contributed by atoms with Gasteiger partial charge in [0.25, 0.3) is 5.91 Å². The molecule has 2 aromatic rings. The lowest BCUT2D eigenvalue weighted by Crippen LogP contribution is -2.52. The van der Waals surface area contributed by atoms with Crippen LogP contribution >= 0.6 is 11.6 Å². The van der Waals surface area contributed by atoms with Gasteiger partial charge >= 0.3 is 5.92 Å². The molecule has 2 aliphatic rings. The Morgan fingerprint density at radius 2 is 2.00 bits per heavy atom. The van der Waals surface area contributed by atoms with E-state index in [1.54, 1.807) is 18.2 Å². The van der Waals surface area contributed by atoms with Crippen LogP contribution in [-0.4, -0.2) is 39.4 Å². The van der Waals surface area contributed by atoms with Gasteiger partial charge in [0.15, 0.2) is 0 Å². The molecule has 0 radical (unpaired) electrons. The number of pyridine rings is 1. The van der Waals surface area contributed by atoms with Crippen LogP contribution < -0.4 is 5.32 Å². The number of nitrogens with zero attached hydrogens (tertiary/aromatic N) is 2. The maximum Gasteiger partial charge on any atom is 0.346 e. The number of fused-ring (bicyclic) bond motifs is 1. The lowest BCUT2D eigenvalue weighted by atomic mass is 9.99. The largest absolute Gasteiger partial charge is 0.346 e. The van der Waals surface area contributed by atoms with Crippen LogP contribution in [0.25, 0.3) is 0 Å². The molecule has 7 nitrogen and oxygen atoms in total. The number of imide groups is 1. The molecule has 1 N–H and O–H groups in total. The average Bonchev–Trinajstić information content (AvgIpc) is 3.09. The fourth-order valence-corrected chi connectivity index (χ4v) is 4.21. The van der Waals surface area contributed by atoms with Crippen molar-refractivity contribution in [3.05, 3.63) is 63.9 Å². The molecule has 1 unspecified atom stereocenters. The van der Waals surface area contributed by atoms with Gasteiger partial charge in [-0.25, -0.2) is 0 Å². The van der Waals surface area contributed by atoms with E-state index in [0.29, 0.717) is 12.0 Å². The number of amides is 3. The summed E-state index contributed by atoms with van der Waals surface area (Å²) in [5.41, 5.74) is 1.36. The summed E-state index contributed by atoms with van der Waals surface area (Å²) in [6, 6.07) is 6.75. The van der Waals surface area contributed by atoms with Gasteiger partial charge in [-0.2, -0.15) is 8.78 Å². The maximum atomic E-state index is 14.4. The van der Waals surface area contributed by atoms with Crippen molar-refractivity contribution in [3.63, 3.8) is 0 Å². The van der Waals surface area contributed by atoms with E-state index in [9.17, 15) is 28.0 Å². The Kier molecular flexibility index (Phi) is 6.25. The Bertz CT molecular complexity index is 1140. The lowest BCUT2D eigenvalue weighted by molar-refractivity contribution is -0.145. The van der Waals surface area contributed by atoms with Gasteiger partial charge in [0.1, 0.15) is 11.7 Å². The molecule has 1 fully saturated rings. The standard InChI is InChI=1S/C23H20ClF2N3O4/c24-15-5-8-18(27-11-15)23(25,26)19(30)3-1-2-13-4-6-16-14(10-13)12-29(22(16)33)17-7-9-20(31)28-21(17)32/h4-6,8,10-11,17H,1-3,7,9,12H2,(H,28,31,32). The molecule has 0 bridgehead atoms. The summed E-state index contributed by atoms with van der Waals surface area (Å²) in [7, 11) is 0. The van der Waals surface area contributed by atoms with Crippen LogP contribution in [0.5, 0.6) is 0 Å². The summed E-state index contributed by atoms with van der Waals surface area (Å²) in [5, 5.41) is 2.46. The smallest absolute Gasteiger partial charge is 0.322 e. The molecule has 0 aliphatic carbocycles. The highest BCUT2D eigenvalue weighted by atomic mass is 35.5. The molecule has 3 heterocycles. The van der Waals surface area contributed by atoms with Gasteiger partial charge in [0.2, 0.25) is 17.6 Å². The topological polar surface area (TPSA) is 96.4 Å². The molecule has 3 amide bonds. The Morgan fingerprint density at radius 1 is 1.21 bits per heavy atom. The third-order valence-electron chi connectivity index (χ3n) is 5.86. The van der Waals surface area contributed by atoms with E-state index in [-0.39, 0.29) is 49.1 Å². The molecule has 1 atom stereocenters. The average molecular weight is 476 g/mol. The first-order valence-corrected chi connectivity index (χ1v) is 10.8. The van der Waals surface area contributed by atoms with Crippen molar-refractivity contribution < 1.29 is 28.0 Å². The van der Waals surface area contributed by atoms with Crippen LogP contribution in [0.2, 0.25) is 5.02 Å². The number of hydrogen-bond acceptors (Lipinski definition) is 5. The molecule has 1 saturated heterocycles. The zero-order valence-electron chi connectivity index (χ0n) is 17.4. The predicted molar refractivity (Wildman–Crippen MR) is 114 cm³/mol. The number of ketones is 1. The number of rotatable bonds is 7. The number of piperidine rings is 1. The molecule has 0 spiro atoms. The Balaban J connectivity index is 1.36. The van der Waals surface area contributed by atoms with E-state index < -0.39 is 29.3 Å². The third kappa shape index (κ3) is 4.64. The number of nitrogens with one attached hydrogen (secondary N) is 1. The van der Waals surface area contributed by atoms with Gasteiger partial charge < -0.3 is 4.90 Å². The first-order chi connectivity index (χ1) is 15.7. The van der Waals surface area contributed by atoms with Crippen molar-refractivity contribution in [3.8, 4) is 0 Å². The quantitative estimate of drug-likeness (QED) is 0.620. The molecule has 2 aliphatic heterocycles. The second kappa shape index (κ2) is 8.97. The molecular weight excluding hydrogens is 456 g/mol. The normalized spacial score (nSPS) is 18.3. The van der Waals surface area contributed by atoms with Crippen LogP contribution in [0.3, 0.4) is 0 Å².